The molecule has 0 amide bonds. The third-order valence-corrected chi connectivity index (χ3v) is 3.16. The number of allylic oxidation sites excluding steroid dienone is 2. The minimum atomic E-state index is 0.776. The van der Waals surface area contributed by atoms with E-state index < -0.39 is 0 Å². The third-order valence-electron chi connectivity index (χ3n) is 2.93. The minimum Gasteiger partial charge on any atom is -0.460 e. The van der Waals surface area contributed by atoms with E-state index in [-0.39, 0.29) is 0 Å². The summed E-state index contributed by atoms with van der Waals surface area (Å²) >= 11 is 6.00. The van der Waals surface area contributed by atoms with E-state index in [1.807, 2.05) is 18.2 Å². The Hall–Kier alpha value is -1.21. The van der Waals surface area contributed by atoms with Gasteiger partial charge in [-0.05, 0) is 31.5 Å². The highest BCUT2D eigenvalue weighted by atomic mass is 35.5. The Kier molecular flexibility index (Phi) is 1.89. The molecule has 1 aromatic heterocycles. The quantitative estimate of drug-likeness (QED) is 0.606. The SMILES string of the molecule is CC1=CCc2oc3ccc(Cl)cc3c2C1. The van der Waals surface area contributed by atoms with Gasteiger partial charge in [0.1, 0.15) is 11.3 Å². The topological polar surface area (TPSA) is 13.1 Å². The van der Waals surface area contributed by atoms with Crippen molar-refractivity contribution in [3.05, 3.63) is 46.2 Å². The Morgan fingerprint density at radius 2 is 2.20 bits per heavy atom. The minimum absolute atomic E-state index is 0.776. The molecule has 1 aliphatic rings. The average Bonchev–Trinajstić information content (AvgIpc) is 2.56. The van der Waals surface area contributed by atoms with Crippen LogP contribution >= 0.6 is 11.6 Å². The molecule has 76 valence electrons. The second-order valence-electron chi connectivity index (χ2n) is 4.08. The average molecular weight is 219 g/mol. The molecule has 0 radical (unpaired) electrons. The van der Waals surface area contributed by atoms with Crippen molar-refractivity contribution in [1.29, 1.82) is 0 Å². The summed E-state index contributed by atoms with van der Waals surface area (Å²) in [6, 6.07) is 5.82. The van der Waals surface area contributed by atoms with Crippen LogP contribution in [0.2, 0.25) is 5.02 Å². The number of rotatable bonds is 0. The maximum Gasteiger partial charge on any atom is 0.134 e. The van der Waals surface area contributed by atoms with Crippen LogP contribution in [-0.4, -0.2) is 0 Å². The fourth-order valence-electron chi connectivity index (χ4n) is 2.15. The van der Waals surface area contributed by atoms with E-state index in [1.165, 1.54) is 16.5 Å². The number of benzene rings is 1. The largest absolute Gasteiger partial charge is 0.460 e. The predicted molar refractivity (Wildman–Crippen MR) is 62.4 cm³/mol. The van der Waals surface area contributed by atoms with E-state index in [0.29, 0.717) is 0 Å². The summed E-state index contributed by atoms with van der Waals surface area (Å²) in [5.74, 6) is 1.10. The highest BCUT2D eigenvalue weighted by Gasteiger charge is 2.17. The van der Waals surface area contributed by atoms with Crippen molar-refractivity contribution in [2.45, 2.75) is 19.8 Å². The Morgan fingerprint density at radius 3 is 3.07 bits per heavy atom. The summed E-state index contributed by atoms with van der Waals surface area (Å²) in [6.07, 6.45) is 4.13. The molecule has 1 aliphatic carbocycles. The zero-order chi connectivity index (χ0) is 10.4. The van der Waals surface area contributed by atoms with Crippen LogP contribution in [0.5, 0.6) is 0 Å². The Balaban J connectivity index is 2.28. The fraction of sp³-hybridized carbons (Fsp3) is 0.231. The molecule has 2 heteroatoms. The van der Waals surface area contributed by atoms with Gasteiger partial charge in [0.15, 0.2) is 0 Å². The molecular formula is C13H11ClO. The molecule has 0 fully saturated rings. The van der Waals surface area contributed by atoms with Crippen LogP contribution in [0.15, 0.2) is 34.3 Å². The molecule has 0 N–H and O–H groups in total. The zero-order valence-corrected chi connectivity index (χ0v) is 9.27. The van der Waals surface area contributed by atoms with Crippen LogP contribution in [0.3, 0.4) is 0 Å². The molecule has 2 aromatic rings. The normalized spacial score (nSPS) is 15.2. The predicted octanol–water partition coefficient (Wildman–Crippen LogP) is 4.13. The first-order valence-corrected chi connectivity index (χ1v) is 5.47. The van der Waals surface area contributed by atoms with Crippen molar-refractivity contribution in [3.8, 4) is 0 Å². The van der Waals surface area contributed by atoms with E-state index >= 15 is 0 Å². The van der Waals surface area contributed by atoms with Crippen molar-refractivity contribution in [1.82, 2.24) is 0 Å². The van der Waals surface area contributed by atoms with Gasteiger partial charge in [-0.3, -0.25) is 0 Å². The van der Waals surface area contributed by atoms with Gasteiger partial charge in [0.25, 0.3) is 0 Å². The molecule has 0 aliphatic heterocycles. The Labute approximate surface area is 93.3 Å². The highest BCUT2D eigenvalue weighted by molar-refractivity contribution is 6.31. The van der Waals surface area contributed by atoms with Crippen LogP contribution in [-0.2, 0) is 12.8 Å². The first-order valence-electron chi connectivity index (χ1n) is 5.09. The molecule has 0 bridgehead atoms. The lowest BCUT2D eigenvalue weighted by molar-refractivity contribution is 0.555. The van der Waals surface area contributed by atoms with E-state index in [4.69, 9.17) is 16.0 Å². The lowest BCUT2D eigenvalue weighted by atomic mass is 9.96. The van der Waals surface area contributed by atoms with Crippen molar-refractivity contribution < 1.29 is 4.42 Å². The monoisotopic (exact) mass is 218 g/mol. The van der Waals surface area contributed by atoms with Gasteiger partial charge in [-0.25, -0.2) is 0 Å². The van der Waals surface area contributed by atoms with Crippen LogP contribution in [0.25, 0.3) is 11.0 Å². The molecule has 0 atom stereocenters. The smallest absolute Gasteiger partial charge is 0.134 e. The van der Waals surface area contributed by atoms with Crippen molar-refractivity contribution >= 4 is 22.6 Å². The molecule has 0 unspecified atom stereocenters. The molecule has 15 heavy (non-hydrogen) atoms. The lowest BCUT2D eigenvalue weighted by Gasteiger charge is -2.08. The van der Waals surface area contributed by atoms with Gasteiger partial charge in [0.05, 0.1) is 0 Å². The number of hydrogen-bond acceptors (Lipinski definition) is 1. The molecule has 1 heterocycles. The number of hydrogen-bond donors (Lipinski definition) is 0. The van der Waals surface area contributed by atoms with E-state index in [1.54, 1.807) is 0 Å². The Morgan fingerprint density at radius 1 is 1.33 bits per heavy atom. The summed E-state index contributed by atoms with van der Waals surface area (Å²) in [5.41, 5.74) is 3.67. The highest BCUT2D eigenvalue weighted by Crippen LogP contribution is 2.32. The van der Waals surface area contributed by atoms with Gasteiger partial charge in [0.2, 0.25) is 0 Å². The van der Waals surface area contributed by atoms with Crippen LogP contribution in [0.1, 0.15) is 18.2 Å². The van der Waals surface area contributed by atoms with Gasteiger partial charge in [-0.1, -0.05) is 23.3 Å². The van der Waals surface area contributed by atoms with E-state index in [9.17, 15) is 0 Å². The van der Waals surface area contributed by atoms with Gasteiger partial charge in [-0.2, -0.15) is 0 Å². The molecule has 0 saturated heterocycles. The van der Waals surface area contributed by atoms with Crippen molar-refractivity contribution in [2.24, 2.45) is 0 Å². The third kappa shape index (κ3) is 1.38. The van der Waals surface area contributed by atoms with Crippen LogP contribution < -0.4 is 0 Å². The van der Waals surface area contributed by atoms with Crippen molar-refractivity contribution in [3.63, 3.8) is 0 Å². The van der Waals surface area contributed by atoms with Crippen LogP contribution in [0.4, 0.5) is 0 Å². The fourth-order valence-corrected chi connectivity index (χ4v) is 2.32. The van der Waals surface area contributed by atoms with E-state index in [2.05, 4.69) is 13.0 Å². The second kappa shape index (κ2) is 3.14. The lowest BCUT2D eigenvalue weighted by Crippen LogP contribution is -1.97. The number of furan rings is 1. The number of halogens is 1. The Bertz CT molecular complexity index is 563. The summed E-state index contributed by atoms with van der Waals surface area (Å²) in [4.78, 5) is 0. The second-order valence-corrected chi connectivity index (χ2v) is 4.51. The van der Waals surface area contributed by atoms with Crippen molar-refractivity contribution in [2.75, 3.05) is 0 Å². The number of fused-ring (bicyclic) bond motifs is 3. The van der Waals surface area contributed by atoms with Gasteiger partial charge >= 0.3 is 0 Å². The first-order chi connectivity index (χ1) is 7.24. The van der Waals surface area contributed by atoms with Gasteiger partial charge in [0, 0.05) is 22.4 Å². The molecule has 0 saturated carbocycles. The zero-order valence-electron chi connectivity index (χ0n) is 8.51. The summed E-state index contributed by atoms with van der Waals surface area (Å²) < 4.78 is 5.79. The summed E-state index contributed by atoms with van der Waals surface area (Å²) in [7, 11) is 0. The first kappa shape index (κ1) is 9.05. The summed E-state index contributed by atoms with van der Waals surface area (Å²) in [5, 5.41) is 1.95. The maximum atomic E-state index is 6.00. The van der Waals surface area contributed by atoms with Gasteiger partial charge < -0.3 is 4.42 Å². The standard InChI is InChI=1S/C13H11ClO/c1-8-2-4-12-10(6-8)11-7-9(14)3-5-13(11)15-12/h2-3,5,7H,4,6H2,1H3. The summed E-state index contributed by atoms with van der Waals surface area (Å²) in [6.45, 7) is 2.16. The maximum absolute atomic E-state index is 6.00. The van der Waals surface area contributed by atoms with Crippen LogP contribution in [0, 0.1) is 0 Å². The molecular weight excluding hydrogens is 208 g/mol. The van der Waals surface area contributed by atoms with Gasteiger partial charge in [-0.15, -0.1) is 0 Å². The molecule has 3 rings (SSSR count). The molecule has 1 aromatic carbocycles. The molecule has 0 spiro atoms. The molecule has 1 nitrogen and oxygen atoms in total. The van der Waals surface area contributed by atoms with E-state index in [0.717, 1.165) is 29.2 Å².